The third kappa shape index (κ3) is 6.01. The summed E-state index contributed by atoms with van der Waals surface area (Å²) in [6, 6.07) is 0. The van der Waals surface area contributed by atoms with E-state index in [9.17, 15) is 0 Å². The minimum Gasteiger partial charge on any atom is -0.372 e. The molecule has 5 nitrogen and oxygen atoms in total. The molecule has 0 bridgehead atoms. The number of rotatable bonds is 12. The number of hydrogen-bond donors (Lipinski definition) is 0. The molecule has 0 spiro atoms. The molecular formula is C19H41NO4Si. The number of piperidine rings is 1. The molecule has 150 valence electrons. The molecule has 1 unspecified atom stereocenters. The Bertz CT molecular complexity index is 359. The van der Waals surface area contributed by atoms with E-state index in [4.69, 9.17) is 18.0 Å². The summed E-state index contributed by atoms with van der Waals surface area (Å²) in [6.07, 6.45) is 5.47. The van der Waals surface area contributed by atoms with Gasteiger partial charge in [0, 0.05) is 25.4 Å². The van der Waals surface area contributed by atoms with Crippen LogP contribution in [0.1, 0.15) is 73.6 Å². The highest BCUT2D eigenvalue weighted by Gasteiger charge is 2.51. The Hall–Kier alpha value is 0.0169. The van der Waals surface area contributed by atoms with Crippen molar-refractivity contribution >= 4 is 8.80 Å². The van der Waals surface area contributed by atoms with E-state index >= 15 is 0 Å². The Morgan fingerprint density at radius 3 is 1.80 bits per heavy atom. The van der Waals surface area contributed by atoms with Crippen molar-refractivity contribution in [2.75, 3.05) is 39.6 Å². The minimum absolute atomic E-state index is 0.0361. The number of nitrogens with zero attached hydrogens (tertiary/aromatic N) is 1. The SMILES string of the molecule is CCCO[Si](COC1(C)CCCN(C)C1(C)C)(OCCC)OCCC. The van der Waals surface area contributed by atoms with Crippen LogP contribution in [0.15, 0.2) is 0 Å². The second-order valence-electron chi connectivity index (χ2n) is 7.83. The summed E-state index contributed by atoms with van der Waals surface area (Å²) in [6.45, 7) is 16.2. The number of likely N-dealkylation sites (N-methyl/N-ethyl adjacent to an activating group) is 1. The second-order valence-corrected chi connectivity index (χ2v) is 10.4. The fraction of sp³-hybridized carbons (Fsp3) is 1.00. The zero-order valence-corrected chi connectivity index (χ0v) is 18.7. The predicted octanol–water partition coefficient (Wildman–Crippen LogP) is 4.02. The summed E-state index contributed by atoms with van der Waals surface area (Å²) in [5.41, 5.74) is -0.273. The fourth-order valence-electron chi connectivity index (χ4n) is 3.16. The predicted molar refractivity (Wildman–Crippen MR) is 105 cm³/mol. The van der Waals surface area contributed by atoms with E-state index in [-0.39, 0.29) is 11.1 Å². The van der Waals surface area contributed by atoms with Crippen LogP contribution >= 0.6 is 0 Å². The maximum atomic E-state index is 6.56. The zero-order chi connectivity index (χ0) is 19.0. The Morgan fingerprint density at radius 1 is 0.880 bits per heavy atom. The Labute approximate surface area is 156 Å². The van der Waals surface area contributed by atoms with Gasteiger partial charge in [-0.2, -0.15) is 0 Å². The highest BCUT2D eigenvalue weighted by molar-refractivity contribution is 6.60. The fourth-order valence-corrected chi connectivity index (χ4v) is 5.70. The second kappa shape index (κ2) is 10.4. The molecule has 6 heteroatoms. The first kappa shape index (κ1) is 23.1. The van der Waals surface area contributed by atoms with Gasteiger partial charge in [0.05, 0.1) is 5.60 Å². The summed E-state index contributed by atoms with van der Waals surface area (Å²) in [7, 11) is -0.634. The lowest BCUT2D eigenvalue weighted by Gasteiger charge is -2.53. The molecule has 0 aromatic heterocycles. The summed E-state index contributed by atoms with van der Waals surface area (Å²) >= 11 is 0. The first-order valence-electron chi connectivity index (χ1n) is 10.0. The van der Waals surface area contributed by atoms with Gasteiger partial charge in [0.1, 0.15) is 6.23 Å². The van der Waals surface area contributed by atoms with Crippen molar-refractivity contribution in [2.45, 2.75) is 84.8 Å². The molecule has 0 aromatic rings. The van der Waals surface area contributed by atoms with Gasteiger partial charge in [-0.05, 0) is 66.5 Å². The molecular weight excluding hydrogens is 334 g/mol. The van der Waals surface area contributed by atoms with E-state index in [0.29, 0.717) is 26.1 Å². The first-order valence-corrected chi connectivity index (χ1v) is 12.0. The maximum absolute atomic E-state index is 6.56. The van der Waals surface area contributed by atoms with Crippen LogP contribution in [0.4, 0.5) is 0 Å². The van der Waals surface area contributed by atoms with E-state index in [1.807, 2.05) is 0 Å². The van der Waals surface area contributed by atoms with Crippen molar-refractivity contribution in [3.63, 3.8) is 0 Å². The van der Waals surface area contributed by atoms with Crippen LogP contribution < -0.4 is 0 Å². The van der Waals surface area contributed by atoms with Crippen LogP contribution in [0, 0.1) is 0 Å². The van der Waals surface area contributed by atoms with Crippen molar-refractivity contribution in [1.82, 2.24) is 4.90 Å². The molecule has 0 radical (unpaired) electrons. The number of likely N-dealkylation sites (tertiary alicyclic amines) is 1. The Balaban J connectivity index is 2.90. The van der Waals surface area contributed by atoms with Gasteiger partial charge in [0.15, 0.2) is 0 Å². The normalized spacial score (nSPS) is 24.6. The third-order valence-electron chi connectivity index (χ3n) is 5.54. The molecule has 0 saturated carbocycles. The van der Waals surface area contributed by atoms with Crippen LogP contribution in [-0.2, 0) is 18.0 Å². The van der Waals surface area contributed by atoms with Crippen LogP contribution in [0.25, 0.3) is 0 Å². The average molecular weight is 376 g/mol. The van der Waals surface area contributed by atoms with Crippen molar-refractivity contribution in [3.8, 4) is 0 Å². The average Bonchev–Trinajstić information content (AvgIpc) is 2.59. The Kier molecular flexibility index (Phi) is 9.57. The molecule has 1 saturated heterocycles. The van der Waals surface area contributed by atoms with Gasteiger partial charge in [-0.25, -0.2) is 0 Å². The number of hydrogen-bond acceptors (Lipinski definition) is 5. The highest BCUT2D eigenvalue weighted by Crippen LogP contribution is 2.39. The van der Waals surface area contributed by atoms with Crippen LogP contribution in [0.3, 0.4) is 0 Å². The molecule has 1 heterocycles. The molecule has 1 fully saturated rings. The summed E-state index contributed by atoms with van der Waals surface area (Å²) in [5, 5.41) is 0. The van der Waals surface area contributed by atoms with Gasteiger partial charge in [-0.3, -0.25) is 4.90 Å². The molecule has 1 rings (SSSR count). The number of ether oxygens (including phenoxy) is 1. The summed E-state index contributed by atoms with van der Waals surface area (Å²) in [4.78, 5) is 2.40. The minimum atomic E-state index is -2.81. The van der Waals surface area contributed by atoms with Crippen molar-refractivity contribution in [1.29, 1.82) is 0 Å². The van der Waals surface area contributed by atoms with E-state index in [1.165, 1.54) is 0 Å². The maximum Gasteiger partial charge on any atom is 0.528 e. The van der Waals surface area contributed by atoms with Crippen molar-refractivity contribution < 1.29 is 18.0 Å². The Morgan fingerprint density at radius 2 is 1.36 bits per heavy atom. The van der Waals surface area contributed by atoms with E-state index in [0.717, 1.165) is 38.6 Å². The smallest absolute Gasteiger partial charge is 0.372 e. The molecule has 0 amide bonds. The molecule has 0 aliphatic carbocycles. The van der Waals surface area contributed by atoms with E-state index in [1.54, 1.807) is 0 Å². The van der Waals surface area contributed by atoms with Gasteiger partial charge >= 0.3 is 8.80 Å². The molecule has 25 heavy (non-hydrogen) atoms. The summed E-state index contributed by atoms with van der Waals surface area (Å²) in [5.74, 6) is 0. The van der Waals surface area contributed by atoms with Crippen molar-refractivity contribution in [2.24, 2.45) is 0 Å². The molecule has 1 aliphatic heterocycles. The van der Waals surface area contributed by atoms with Crippen LogP contribution in [0.5, 0.6) is 0 Å². The largest absolute Gasteiger partial charge is 0.528 e. The van der Waals surface area contributed by atoms with Gasteiger partial charge in [0.2, 0.25) is 0 Å². The zero-order valence-electron chi connectivity index (χ0n) is 17.7. The molecule has 1 atom stereocenters. The van der Waals surface area contributed by atoms with Crippen LogP contribution in [0.2, 0.25) is 0 Å². The quantitative estimate of drug-likeness (QED) is 0.482. The molecule has 1 aliphatic rings. The highest BCUT2D eigenvalue weighted by atomic mass is 28.4. The van der Waals surface area contributed by atoms with E-state index in [2.05, 4.69) is 53.5 Å². The van der Waals surface area contributed by atoms with Crippen LogP contribution in [-0.4, -0.2) is 64.5 Å². The third-order valence-corrected chi connectivity index (χ3v) is 7.97. The standard InChI is InChI=1S/C19H41NO4Si/c1-8-14-22-25(23-15-9-2,24-16-10-3)17-21-19(6)12-11-13-20(7)18(19,4)5/h8-17H2,1-7H3. The van der Waals surface area contributed by atoms with Gasteiger partial charge in [-0.15, -0.1) is 0 Å². The van der Waals surface area contributed by atoms with Crippen molar-refractivity contribution in [3.05, 3.63) is 0 Å². The lowest BCUT2D eigenvalue weighted by Crippen LogP contribution is -2.64. The lowest BCUT2D eigenvalue weighted by molar-refractivity contribution is -0.148. The van der Waals surface area contributed by atoms with E-state index < -0.39 is 8.80 Å². The molecule has 0 aromatic carbocycles. The summed E-state index contributed by atoms with van der Waals surface area (Å²) < 4.78 is 25.1. The molecule has 0 N–H and O–H groups in total. The monoisotopic (exact) mass is 375 g/mol. The van der Waals surface area contributed by atoms with Gasteiger partial charge in [-0.1, -0.05) is 20.8 Å². The first-order chi connectivity index (χ1) is 11.8. The lowest BCUT2D eigenvalue weighted by atomic mass is 9.76. The van der Waals surface area contributed by atoms with Gasteiger partial charge < -0.3 is 18.0 Å². The topological polar surface area (TPSA) is 40.2 Å². The van der Waals surface area contributed by atoms with Gasteiger partial charge in [0.25, 0.3) is 0 Å².